The van der Waals surface area contributed by atoms with Crippen molar-refractivity contribution in [3.8, 4) is 5.75 Å². The van der Waals surface area contributed by atoms with Crippen LogP contribution in [-0.4, -0.2) is 31.0 Å². The third-order valence-corrected chi connectivity index (χ3v) is 3.00. The Labute approximate surface area is 132 Å². The normalized spacial score (nSPS) is 10.4. The molecule has 1 aromatic rings. The minimum atomic E-state index is -0.264. The average molecular weight is 306 g/mol. The summed E-state index contributed by atoms with van der Waals surface area (Å²) in [6, 6.07) is 6.87. The van der Waals surface area contributed by atoms with Crippen LogP contribution in [-0.2, 0) is 4.79 Å². The van der Waals surface area contributed by atoms with Gasteiger partial charge >= 0.3 is 0 Å². The summed E-state index contributed by atoms with van der Waals surface area (Å²) in [6.45, 7) is 6.65. The van der Waals surface area contributed by atoms with E-state index in [1.54, 1.807) is 24.3 Å². The third kappa shape index (κ3) is 7.11. The maximum atomic E-state index is 11.9. The lowest BCUT2D eigenvalue weighted by Gasteiger charge is -2.10. The highest BCUT2D eigenvalue weighted by Gasteiger charge is 2.08. The molecule has 0 fully saturated rings. The van der Waals surface area contributed by atoms with Crippen LogP contribution in [0.15, 0.2) is 24.3 Å². The van der Waals surface area contributed by atoms with Crippen LogP contribution in [0.3, 0.4) is 0 Å². The van der Waals surface area contributed by atoms with Crippen molar-refractivity contribution >= 4 is 11.8 Å². The summed E-state index contributed by atoms with van der Waals surface area (Å²) in [5.41, 5.74) is 0.509. The van der Waals surface area contributed by atoms with Gasteiger partial charge in [0.1, 0.15) is 5.75 Å². The molecule has 122 valence electrons. The van der Waals surface area contributed by atoms with Crippen molar-refractivity contribution in [3.05, 3.63) is 29.8 Å². The molecule has 0 spiro atoms. The van der Waals surface area contributed by atoms with Crippen LogP contribution in [0.25, 0.3) is 0 Å². The van der Waals surface area contributed by atoms with Crippen molar-refractivity contribution in [3.63, 3.8) is 0 Å². The Kier molecular flexibility index (Phi) is 8.04. The van der Waals surface area contributed by atoms with Gasteiger partial charge in [0.05, 0.1) is 12.6 Å². The van der Waals surface area contributed by atoms with E-state index in [0.29, 0.717) is 12.1 Å². The zero-order chi connectivity index (χ0) is 16.4. The Morgan fingerprint density at radius 2 is 1.77 bits per heavy atom. The fourth-order valence-electron chi connectivity index (χ4n) is 1.88. The number of benzene rings is 1. The first kappa shape index (κ1) is 18.0. The summed E-state index contributed by atoms with van der Waals surface area (Å²) in [4.78, 5) is 23.5. The van der Waals surface area contributed by atoms with Crippen LogP contribution >= 0.6 is 0 Å². The van der Waals surface area contributed by atoms with Gasteiger partial charge in [0.15, 0.2) is 0 Å². The van der Waals surface area contributed by atoms with Gasteiger partial charge in [0, 0.05) is 12.1 Å². The molecule has 0 heterocycles. The van der Waals surface area contributed by atoms with E-state index in [-0.39, 0.29) is 24.5 Å². The molecule has 0 saturated carbocycles. The first-order valence-electron chi connectivity index (χ1n) is 7.84. The fourth-order valence-corrected chi connectivity index (χ4v) is 1.88. The lowest BCUT2D eigenvalue weighted by Crippen LogP contribution is -2.37. The van der Waals surface area contributed by atoms with Gasteiger partial charge in [-0.3, -0.25) is 9.59 Å². The Bertz CT molecular complexity index is 469. The van der Waals surface area contributed by atoms with Gasteiger partial charge in [-0.15, -0.1) is 0 Å². The van der Waals surface area contributed by atoms with Gasteiger partial charge < -0.3 is 15.4 Å². The summed E-state index contributed by atoms with van der Waals surface area (Å²) in [5, 5.41) is 5.39. The second-order valence-electron chi connectivity index (χ2n) is 5.43. The Morgan fingerprint density at radius 1 is 1.09 bits per heavy atom. The van der Waals surface area contributed by atoms with E-state index in [1.165, 1.54) is 0 Å². The van der Waals surface area contributed by atoms with Crippen molar-refractivity contribution in [1.82, 2.24) is 10.6 Å². The van der Waals surface area contributed by atoms with Crippen LogP contribution in [0.1, 0.15) is 50.4 Å². The number of amides is 2. The van der Waals surface area contributed by atoms with Gasteiger partial charge in [0.25, 0.3) is 5.91 Å². The largest absolute Gasteiger partial charge is 0.491 e. The minimum absolute atomic E-state index is 0.00476. The zero-order valence-electron chi connectivity index (χ0n) is 13.6. The summed E-state index contributed by atoms with van der Waals surface area (Å²) in [7, 11) is 0. The molecular formula is C17H26N2O3. The van der Waals surface area contributed by atoms with Crippen molar-refractivity contribution in [1.29, 1.82) is 0 Å². The molecule has 0 atom stereocenters. The molecule has 0 radical (unpaired) electrons. The highest BCUT2D eigenvalue weighted by molar-refractivity contribution is 5.96. The van der Waals surface area contributed by atoms with Gasteiger partial charge in [-0.2, -0.15) is 0 Å². The molecule has 0 aliphatic rings. The molecule has 0 unspecified atom stereocenters. The van der Waals surface area contributed by atoms with Crippen LogP contribution in [0, 0.1) is 0 Å². The van der Waals surface area contributed by atoms with E-state index in [1.807, 2.05) is 13.8 Å². The number of unbranched alkanes of at least 4 members (excludes halogenated alkanes) is 2. The van der Waals surface area contributed by atoms with Crippen LogP contribution in [0.5, 0.6) is 5.75 Å². The van der Waals surface area contributed by atoms with Crippen LogP contribution in [0.4, 0.5) is 0 Å². The van der Waals surface area contributed by atoms with Gasteiger partial charge in [0.2, 0.25) is 5.91 Å². The van der Waals surface area contributed by atoms with Gasteiger partial charge in [-0.05, 0) is 44.5 Å². The number of rotatable bonds is 9. The Morgan fingerprint density at radius 3 is 2.36 bits per heavy atom. The van der Waals surface area contributed by atoms with Crippen molar-refractivity contribution in [2.45, 2.75) is 46.1 Å². The van der Waals surface area contributed by atoms with E-state index < -0.39 is 0 Å². The second-order valence-corrected chi connectivity index (χ2v) is 5.43. The molecule has 5 heteroatoms. The summed E-state index contributed by atoms with van der Waals surface area (Å²) >= 11 is 0. The SMILES string of the molecule is CCCCCNC(=O)CNC(=O)c1ccc(OC(C)C)cc1. The number of hydrogen-bond acceptors (Lipinski definition) is 3. The summed E-state index contributed by atoms with van der Waals surface area (Å²) in [5.74, 6) is 0.296. The maximum Gasteiger partial charge on any atom is 0.251 e. The van der Waals surface area contributed by atoms with E-state index in [2.05, 4.69) is 17.6 Å². The number of carbonyl (C=O) groups is 2. The predicted octanol–water partition coefficient (Wildman–Crippen LogP) is 2.51. The van der Waals surface area contributed by atoms with Crippen molar-refractivity contribution < 1.29 is 14.3 Å². The minimum Gasteiger partial charge on any atom is -0.491 e. The molecule has 2 amide bonds. The zero-order valence-corrected chi connectivity index (χ0v) is 13.6. The molecular weight excluding hydrogens is 280 g/mol. The quantitative estimate of drug-likeness (QED) is 0.689. The van der Waals surface area contributed by atoms with E-state index in [0.717, 1.165) is 25.0 Å². The highest BCUT2D eigenvalue weighted by Crippen LogP contribution is 2.13. The van der Waals surface area contributed by atoms with Crippen molar-refractivity contribution in [2.75, 3.05) is 13.1 Å². The number of hydrogen-bond donors (Lipinski definition) is 2. The summed E-state index contributed by atoms with van der Waals surface area (Å²) < 4.78 is 5.52. The van der Waals surface area contributed by atoms with E-state index >= 15 is 0 Å². The Balaban J connectivity index is 2.34. The molecule has 5 nitrogen and oxygen atoms in total. The second kappa shape index (κ2) is 9.82. The standard InChI is InChI=1S/C17H26N2O3/c1-4-5-6-11-18-16(20)12-19-17(21)14-7-9-15(10-8-14)22-13(2)3/h7-10,13H,4-6,11-12H2,1-3H3,(H,18,20)(H,19,21). The lowest BCUT2D eigenvalue weighted by molar-refractivity contribution is -0.120. The molecule has 22 heavy (non-hydrogen) atoms. The number of nitrogens with one attached hydrogen (secondary N) is 2. The predicted molar refractivity (Wildman–Crippen MR) is 87.1 cm³/mol. The van der Waals surface area contributed by atoms with E-state index in [4.69, 9.17) is 4.74 Å². The maximum absolute atomic E-state index is 11.9. The molecule has 1 aromatic carbocycles. The molecule has 0 bridgehead atoms. The monoisotopic (exact) mass is 306 g/mol. The lowest BCUT2D eigenvalue weighted by atomic mass is 10.2. The van der Waals surface area contributed by atoms with E-state index in [9.17, 15) is 9.59 Å². The number of ether oxygens (including phenoxy) is 1. The molecule has 1 rings (SSSR count). The van der Waals surface area contributed by atoms with Crippen LogP contribution in [0.2, 0.25) is 0 Å². The first-order valence-corrected chi connectivity index (χ1v) is 7.84. The molecule has 0 aromatic heterocycles. The van der Waals surface area contributed by atoms with Crippen molar-refractivity contribution in [2.24, 2.45) is 0 Å². The molecule has 0 saturated heterocycles. The van der Waals surface area contributed by atoms with Crippen LogP contribution < -0.4 is 15.4 Å². The Hall–Kier alpha value is -2.04. The molecule has 2 N–H and O–H groups in total. The smallest absolute Gasteiger partial charge is 0.251 e. The molecule has 0 aliphatic heterocycles. The first-order chi connectivity index (χ1) is 10.5. The fraction of sp³-hybridized carbons (Fsp3) is 0.529. The third-order valence-electron chi connectivity index (χ3n) is 3.00. The number of carbonyl (C=O) groups excluding carboxylic acids is 2. The average Bonchev–Trinajstić information content (AvgIpc) is 2.49. The summed E-state index contributed by atoms with van der Waals surface area (Å²) in [6.07, 6.45) is 3.27. The molecule has 0 aliphatic carbocycles. The van der Waals surface area contributed by atoms with Gasteiger partial charge in [-0.1, -0.05) is 19.8 Å². The van der Waals surface area contributed by atoms with Gasteiger partial charge in [-0.25, -0.2) is 0 Å². The topological polar surface area (TPSA) is 67.4 Å². The highest BCUT2D eigenvalue weighted by atomic mass is 16.5.